The second-order valence-electron chi connectivity index (χ2n) is 8.15. The van der Waals surface area contributed by atoms with Gasteiger partial charge in [-0.05, 0) is 57.5 Å². The molecule has 9 heteroatoms. The van der Waals surface area contributed by atoms with Gasteiger partial charge in [-0.1, -0.05) is 0 Å². The fourth-order valence-electron chi connectivity index (χ4n) is 3.87. The number of carbonyl (C=O) groups excluding carboxylic acids is 1. The van der Waals surface area contributed by atoms with Gasteiger partial charge in [-0.2, -0.15) is 18.3 Å². The van der Waals surface area contributed by atoms with E-state index in [1.807, 2.05) is 19.9 Å². The number of benzene rings is 1. The van der Waals surface area contributed by atoms with E-state index in [2.05, 4.69) is 10.1 Å². The van der Waals surface area contributed by atoms with E-state index in [0.717, 1.165) is 17.3 Å². The molecule has 1 aliphatic rings. The van der Waals surface area contributed by atoms with Crippen molar-refractivity contribution in [3.8, 4) is 16.9 Å². The van der Waals surface area contributed by atoms with Gasteiger partial charge in [-0.15, -0.1) is 0 Å². The largest absolute Gasteiger partial charge is 0.490 e. The van der Waals surface area contributed by atoms with E-state index < -0.39 is 17.8 Å². The zero-order valence-corrected chi connectivity index (χ0v) is 18.1. The Morgan fingerprint density at radius 3 is 2.59 bits per heavy atom. The molecule has 4 rings (SSSR count). The molecule has 1 aromatic carbocycles. The molecule has 0 fully saturated rings. The zero-order valence-electron chi connectivity index (χ0n) is 18.1. The summed E-state index contributed by atoms with van der Waals surface area (Å²) in [5.74, 6) is -0.630. The summed E-state index contributed by atoms with van der Waals surface area (Å²) in [4.78, 5) is 19.2. The van der Waals surface area contributed by atoms with Gasteiger partial charge in [0.15, 0.2) is 0 Å². The number of fused-ring (bicyclic) bond motifs is 1. The summed E-state index contributed by atoms with van der Waals surface area (Å²) in [5.41, 5.74) is 2.12. The van der Waals surface area contributed by atoms with Crippen LogP contribution in [0.4, 0.5) is 18.9 Å². The molecule has 1 atom stereocenters. The molecule has 3 heterocycles. The highest BCUT2D eigenvalue weighted by molar-refractivity contribution is 6.09. The molecule has 6 nitrogen and oxygen atoms in total. The average molecular weight is 444 g/mol. The van der Waals surface area contributed by atoms with E-state index in [0.29, 0.717) is 16.9 Å². The average Bonchev–Trinajstić information content (AvgIpc) is 3.15. The fourth-order valence-corrected chi connectivity index (χ4v) is 3.87. The summed E-state index contributed by atoms with van der Waals surface area (Å²) < 4.78 is 47.5. The van der Waals surface area contributed by atoms with E-state index in [4.69, 9.17) is 4.74 Å². The van der Waals surface area contributed by atoms with Crippen LogP contribution in [0, 0.1) is 6.92 Å². The second-order valence-corrected chi connectivity index (χ2v) is 8.15. The number of anilines is 1. The Labute approximate surface area is 183 Å². The maximum absolute atomic E-state index is 13.5. The lowest BCUT2D eigenvalue weighted by atomic mass is 10.0. The molecule has 0 saturated heterocycles. The highest BCUT2D eigenvalue weighted by atomic mass is 19.4. The highest BCUT2D eigenvalue weighted by Crippen LogP contribution is 2.40. The molecule has 0 saturated carbocycles. The quantitative estimate of drug-likeness (QED) is 0.549. The van der Waals surface area contributed by atoms with E-state index >= 15 is 0 Å². The predicted molar refractivity (Wildman–Crippen MR) is 114 cm³/mol. The summed E-state index contributed by atoms with van der Waals surface area (Å²) >= 11 is 0. The molecule has 0 bridgehead atoms. The van der Waals surface area contributed by atoms with Crippen molar-refractivity contribution in [1.29, 1.82) is 0 Å². The minimum atomic E-state index is -4.56. The van der Waals surface area contributed by atoms with Gasteiger partial charge < -0.3 is 9.64 Å². The number of aryl methyl sites for hydroxylation is 1. The van der Waals surface area contributed by atoms with Crippen LogP contribution >= 0.6 is 0 Å². The van der Waals surface area contributed by atoms with Crippen LogP contribution in [0.3, 0.4) is 0 Å². The number of halogens is 3. The van der Waals surface area contributed by atoms with Crippen LogP contribution in [0.1, 0.15) is 48.6 Å². The number of alkyl halides is 3. The molecule has 0 spiro atoms. The third-order valence-electron chi connectivity index (χ3n) is 5.26. The molecule has 1 aliphatic heterocycles. The lowest BCUT2D eigenvalue weighted by molar-refractivity contribution is -0.139. The van der Waals surface area contributed by atoms with Crippen molar-refractivity contribution < 1.29 is 22.7 Å². The number of ether oxygens (including phenoxy) is 1. The van der Waals surface area contributed by atoms with Gasteiger partial charge in [0.1, 0.15) is 11.4 Å². The molecule has 0 radical (unpaired) electrons. The van der Waals surface area contributed by atoms with Crippen molar-refractivity contribution in [2.45, 2.75) is 46.0 Å². The van der Waals surface area contributed by atoms with Gasteiger partial charge in [0.2, 0.25) is 0 Å². The molecule has 32 heavy (non-hydrogen) atoms. The van der Waals surface area contributed by atoms with Gasteiger partial charge in [0.25, 0.3) is 5.91 Å². The lowest BCUT2D eigenvalue weighted by Crippen LogP contribution is -2.42. The van der Waals surface area contributed by atoms with Gasteiger partial charge >= 0.3 is 6.18 Å². The third-order valence-corrected chi connectivity index (χ3v) is 5.26. The number of hydrogen-bond acceptors (Lipinski definition) is 4. The first-order valence-corrected chi connectivity index (χ1v) is 10.3. The molecule has 2 aromatic heterocycles. The first-order chi connectivity index (χ1) is 15.1. The summed E-state index contributed by atoms with van der Waals surface area (Å²) in [5, 5.41) is 4.40. The monoisotopic (exact) mass is 444 g/mol. The maximum atomic E-state index is 13.5. The van der Waals surface area contributed by atoms with E-state index in [1.165, 1.54) is 17.0 Å². The van der Waals surface area contributed by atoms with Crippen molar-refractivity contribution in [3.63, 3.8) is 0 Å². The number of amides is 1. The Bertz CT molecular complexity index is 1170. The standard InChI is InChI=1S/C23H23F3N4O2/c1-13(2)32-20-10-17(5-6-19(20)23(24,25)26)29-12-15(4)30-21(22(29)31)18(11-28-30)16-7-8-27-14(3)9-16/h5-11,13,15H,12H2,1-4H3/t15-/m0/s1. The summed E-state index contributed by atoms with van der Waals surface area (Å²) in [6, 6.07) is 7.05. The number of hydrogen-bond donors (Lipinski definition) is 0. The Kier molecular flexibility index (Phi) is 5.44. The minimum Gasteiger partial charge on any atom is -0.490 e. The lowest BCUT2D eigenvalue weighted by Gasteiger charge is -2.33. The van der Waals surface area contributed by atoms with Crippen molar-refractivity contribution in [1.82, 2.24) is 14.8 Å². The van der Waals surface area contributed by atoms with Gasteiger partial charge in [-0.25, -0.2) is 0 Å². The Morgan fingerprint density at radius 2 is 1.94 bits per heavy atom. The molecule has 0 unspecified atom stereocenters. The normalized spacial score (nSPS) is 16.4. The molecular formula is C23H23F3N4O2. The van der Waals surface area contributed by atoms with E-state index in [9.17, 15) is 18.0 Å². The van der Waals surface area contributed by atoms with Crippen LogP contribution in [0.2, 0.25) is 0 Å². The number of rotatable bonds is 4. The van der Waals surface area contributed by atoms with Crippen LogP contribution in [0.15, 0.2) is 42.7 Å². The zero-order chi connectivity index (χ0) is 23.2. The first-order valence-electron chi connectivity index (χ1n) is 10.3. The van der Waals surface area contributed by atoms with Gasteiger partial charge in [-0.3, -0.25) is 14.5 Å². The molecule has 168 valence electrons. The Morgan fingerprint density at radius 1 is 1.19 bits per heavy atom. The van der Waals surface area contributed by atoms with Crippen molar-refractivity contribution in [2.75, 3.05) is 11.4 Å². The van der Waals surface area contributed by atoms with E-state index in [1.54, 1.807) is 37.0 Å². The topological polar surface area (TPSA) is 60.2 Å². The molecule has 0 aliphatic carbocycles. The summed E-state index contributed by atoms with van der Waals surface area (Å²) in [6.07, 6.45) is -1.71. The number of aromatic nitrogens is 3. The number of nitrogens with zero attached hydrogens (tertiary/aromatic N) is 4. The minimum absolute atomic E-state index is 0.170. The number of pyridine rings is 1. The molecule has 1 amide bonds. The van der Waals surface area contributed by atoms with Crippen LogP contribution in [-0.2, 0) is 6.18 Å². The van der Waals surface area contributed by atoms with Crippen LogP contribution in [0.5, 0.6) is 5.75 Å². The van der Waals surface area contributed by atoms with E-state index in [-0.39, 0.29) is 24.2 Å². The maximum Gasteiger partial charge on any atom is 0.419 e. The molecule has 0 N–H and O–H groups in total. The van der Waals surface area contributed by atoms with Crippen LogP contribution in [-0.4, -0.2) is 33.3 Å². The Hall–Kier alpha value is -3.36. The molecule has 3 aromatic rings. The Balaban J connectivity index is 1.78. The van der Waals surface area contributed by atoms with Crippen LogP contribution < -0.4 is 9.64 Å². The van der Waals surface area contributed by atoms with Gasteiger partial charge in [0.05, 0.1) is 23.9 Å². The van der Waals surface area contributed by atoms with Gasteiger partial charge in [0, 0.05) is 35.8 Å². The molecular weight excluding hydrogens is 421 g/mol. The van der Waals surface area contributed by atoms with Crippen molar-refractivity contribution in [2.24, 2.45) is 0 Å². The fraction of sp³-hybridized carbons (Fsp3) is 0.348. The van der Waals surface area contributed by atoms with Crippen LogP contribution in [0.25, 0.3) is 11.1 Å². The summed E-state index contributed by atoms with van der Waals surface area (Å²) in [7, 11) is 0. The third kappa shape index (κ3) is 3.94. The predicted octanol–water partition coefficient (Wildman–Crippen LogP) is 5.28. The first kappa shape index (κ1) is 21.9. The second kappa shape index (κ2) is 7.96. The van der Waals surface area contributed by atoms with Crippen molar-refractivity contribution >= 4 is 11.6 Å². The summed E-state index contributed by atoms with van der Waals surface area (Å²) in [6.45, 7) is 7.35. The van der Waals surface area contributed by atoms with Crippen molar-refractivity contribution in [3.05, 3.63) is 59.7 Å². The smallest absolute Gasteiger partial charge is 0.419 e. The highest BCUT2D eigenvalue weighted by Gasteiger charge is 2.37. The SMILES string of the molecule is Cc1cc(-c2cnn3c2C(=O)N(c2ccc(C(F)(F)F)c(OC(C)C)c2)C[C@@H]3C)ccn1. The number of carbonyl (C=O) groups is 1.